The summed E-state index contributed by atoms with van der Waals surface area (Å²) < 4.78 is 5.51. The number of nitrogens with zero attached hydrogens (tertiary/aromatic N) is 1. The zero-order chi connectivity index (χ0) is 12.1. The molecule has 0 aliphatic carbocycles. The van der Waals surface area contributed by atoms with Crippen LogP contribution < -0.4 is 5.32 Å². The van der Waals surface area contributed by atoms with Gasteiger partial charge in [-0.1, -0.05) is 6.92 Å². The first kappa shape index (κ1) is 11.9. The van der Waals surface area contributed by atoms with Crippen molar-refractivity contribution >= 4 is 0 Å². The van der Waals surface area contributed by atoms with E-state index in [0.29, 0.717) is 0 Å². The molecule has 0 amide bonds. The zero-order valence-corrected chi connectivity index (χ0v) is 10.3. The third kappa shape index (κ3) is 2.74. The van der Waals surface area contributed by atoms with Gasteiger partial charge in [-0.2, -0.15) is 0 Å². The lowest BCUT2D eigenvalue weighted by atomic mass is 10.0. The van der Waals surface area contributed by atoms with Crippen molar-refractivity contribution in [3.63, 3.8) is 0 Å². The molecule has 2 heterocycles. The minimum atomic E-state index is 0.0960. The molecule has 0 saturated carbocycles. The standard InChI is InChI=1S/C14H18N2O/c1-3-7-16-14(13-5-4-9-17-13)12-10-15-8-6-11(12)2/h4-6,8-10,14,16H,3,7H2,1-2H3. The molecule has 0 spiro atoms. The Balaban J connectivity index is 2.30. The van der Waals surface area contributed by atoms with Crippen molar-refractivity contribution in [3.05, 3.63) is 53.7 Å². The molecule has 0 bridgehead atoms. The first-order valence-corrected chi connectivity index (χ1v) is 6.00. The van der Waals surface area contributed by atoms with Gasteiger partial charge >= 0.3 is 0 Å². The highest BCUT2D eigenvalue weighted by Crippen LogP contribution is 2.24. The number of aryl methyl sites for hydroxylation is 1. The molecule has 17 heavy (non-hydrogen) atoms. The third-order valence-electron chi connectivity index (χ3n) is 2.82. The highest BCUT2D eigenvalue weighted by molar-refractivity contribution is 5.30. The molecular formula is C14H18N2O. The van der Waals surface area contributed by atoms with Crippen molar-refractivity contribution in [2.75, 3.05) is 6.54 Å². The molecular weight excluding hydrogens is 212 g/mol. The Bertz CT molecular complexity index is 451. The van der Waals surface area contributed by atoms with Crippen LogP contribution in [0.2, 0.25) is 0 Å². The number of hydrogen-bond acceptors (Lipinski definition) is 3. The molecule has 0 aliphatic rings. The topological polar surface area (TPSA) is 38.1 Å². The zero-order valence-electron chi connectivity index (χ0n) is 10.3. The lowest BCUT2D eigenvalue weighted by molar-refractivity contribution is 0.445. The van der Waals surface area contributed by atoms with E-state index in [2.05, 4.69) is 24.1 Å². The largest absolute Gasteiger partial charge is 0.467 e. The summed E-state index contributed by atoms with van der Waals surface area (Å²) in [7, 11) is 0. The Morgan fingerprint density at radius 2 is 2.29 bits per heavy atom. The van der Waals surface area contributed by atoms with Crippen LogP contribution in [0.1, 0.15) is 36.3 Å². The van der Waals surface area contributed by atoms with Crippen molar-refractivity contribution in [2.45, 2.75) is 26.3 Å². The average Bonchev–Trinajstić information content (AvgIpc) is 2.85. The van der Waals surface area contributed by atoms with E-state index in [1.165, 1.54) is 11.1 Å². The summed E-state index contributed by atoms with van der Waals surface area (Å²) in [6, 6.07) is 6.04. The van der Waals surface area contributed by atoms with Gasteiger partial charge in [0.2, 0.25) is 0 Å². The Morgan fingerprint density at radius 3 is 2.94 bits per heavy atom. The summed E-state index contributed by atoms with van der Waals surface area (Å²) in [6.07, 6.45) is 6.53. The van der Waals surface area contributed by atoms with Gasteiger partial charge in [-0.25, -0.2) is 0 Å². The molecule has 3 heteroatoms. The molecule has 0 saturated heterocycles. The van der Waals surface area contributed by atoms with Crippen LogP contribution in [-0.2, 0) is 0 Å². The highest BCUT2D eigenvalue weighted by Gasteiger charge is 2.17. The van der Waals surface area contributed by atoms with Crippen molar-refractivity contribution < 1.29 is 4.42 Å². The molecule has 2 aromatic heterocycles. The fraction of sp³-hybridized carbons (Fsp3) is 0.357. The smallest absolute Gasteiger partial charge is 0.125 e. The van der Waals surface area contributed by atoms with Crippen LogP contribution in [0.4, 0.5) is 0 Å². The maximum atomic E-state index is 5.51. The van der Waals surface area contributed by atoms with Crippen molar-refractivity contribution in [1.29, 1.82) is 0 Å². The van der Waals surface area contributed by atoms with E-state index in [-0.39, 0.29) is 6.04 Å². The maximum Gasteiger partial charge on any atom is 0.125 e. The molecule has 3 nitrogen and oxygen atoms in total. The van der Waals surface area contributed by atoms with Crippen molar-refractivity contribution in [2.24, 2.45) is 0 Å². The maximum absolute atomic E-state index is 5.51. The Kier molecular flexibility index (Phi) is 3.94. The fourth-order valence-electron chi connectivity index (χ4n) is 1.89. The monoisotopic (exact) mass is 230 g/mol. The molecule has 1 N–H and O–H groups in total. The van der Waals surface area contributed by atoms with E-state index in [1.807, 2.05) is 30.6 Å². The van der Waals surface area contributed by atoms with Gasteiger partial charge in [0.15, 0.2) is 0 Å². The number of furan rings is 1. The van der Waals surface area contributed by atoms with Crippen LogP contribution in [0.15, 0.2) is 41.3 Å². The van der Waals surface area contributed by atoms with Crippen LogP contribution in [0.25, 0.3) is 0 Å². The van der Waals surface area contributed by atoms with Crippen molar-refractivity contribution in [1.82, 2.24) is 10.3 Å². The van der Waals surface area contributed by atoms with Gasteiger partial charge in [0.05, 0.1) is 12.3 Å². The predicted octanol–water partition coefficient (Wildman–Crippen LogP) is 3.07. The third-order valence-corrected chi connectivity index (χ3v) is 2.82. The normalized spacial score (nSPS) is 12.6. The van der Waals surface area contributed by atoms with Crippen LogP contribution >= 0.6 is 0 Å². The van der Waals surface area contributed by atoms with E-state index >= 15 is 0 Å². The van der Waals surface area contributed by atoms with Crippen LogP contribution in [0.3, 0.4) is 0 Å². The lowest BCUT2D eigenvalue weighted by Gasteiger charge is -2.18. The van der Waals surface area contributed by atoms with Crippen molar-refractivity contribution in [3.8, 4) is 0 Å². The SMILES string of the molecule is CCCNC(c1ccco1)c1cnccc1C. The van der Waals surface area contributed by atoms with Gasteiger partial charge in [0, 0.05) is 12.4 Å². The summed E-state index contributed by atoms with van der Waals surface area (Å²) in [4.78, 5) is 4.20. The number of nitrogens with one attached hydrogen (secondary N) is 1. The van der Waals surface area contributed by atoms with E-state index in [4.69, 9.17) is 4.42 Å². The van der Waals surface area contributed by atoms with Gasteiger partial charge in [-0.15, -0.1) is 0 Å². The Morgan fingerprint density at radius 1 is 1.41 bits per heavy atom. The summed E-state index contributed by atoms with van der Waals surface area (Å²) >= 11 is 0. The minimum Gasteiger partial charge on any atom is -0.467 e. The van der Waals surface area contributed by atoms with Gasteiger partial charge in [-0.05, 0) is 49.2 Å². The van der Waals surface area contributed by atoms with Crippen LogP contribution in [-0.4, -0.2) is 11.5 Å². The first-order chi connectivity index (χ1) is 8.33. The first-order valence-electron chi connectivity index (χ1n) is 6.00. The number of rotatable bonds is 5. The Labute approximate surface area is 102 Å². The molecule has 0 aliphatic heterocycles. The molecule has 2 rings (SSSR count). The highest BCUT2D eigenvalue weighted by atomic mass is 16.3. The van der Waals surface area contributed by atoms with Gasteiger partial charge in [-0.3, -0.25) is 4.98 Å². The lowest BCUT2D eigenvalue weighted by Crippen LogP contribution is -2.23. The van der Waals surface area contributed by atoms with E-state index in [0.717, 1.165) is 18.7 Å². The number of hydrogen-bond donors (Lipinski definition) is 1. The number of aromatic nitrogens is 1. The van der Waals surface area contributed by atoms with Gasteiger partial charge < -0.3 is 9.73 Å². The van der Waals surface area contributed by atoms with Crippen LogP contribution in [0.5, 0.6) is 0 Å². The number of pyridine rings is 1. The molecule has 90 valence electrons. The second kappa shape index (κ2) is 5.64. The summed E-state index contributed by atoms with van der Waals surface area (Å²) in [5.74, 6) is 0.939. The second-order valence-corrected chi connectivity index (χ2v) is 4.13. The summed E-state index contributed by atoms with van der Waals surface area (Å²) in [5, 5.41) is 3.50. The second-order valence-electron chi connectivity index (χ2n) is 4.13. The van der Waals surface area contributed by atoms with E-state index in [9.17, 15) is 0 Å². The van der Waals surface area contributed by atoms with Crippen LogP contribution in [0, 0.1) is 6.92 Å². The van der Waals surface area contributed by atoms with E-state index in [1.54, 1.807) is 6.26 Å². The fourth-order valence-corrected chi connectivity index (χ4v) is 1.89. The molecule has 1 atom stereocenters. The minimum absolute atomic E-state index is 0.0960. The predicted molar refractivity (Wildman–Crippen MR) is 67.8 cm³/mol. The molecule has 1 unspecified atom stereocenters. The Hall–Kier alpha value is -1.61. The summed E-state index contributed by atoms with van der Waals surface area (Å²) in [5.41, 5.74) is 2.40. The molecule has 0 aromatic carbocycles. The summed E-state index contributed by atoms with van der Waals surface area (Å²) in [6.45, 7) is 5.21. The van der Waals surface area contributed by atoms with E-state index < -0.39 is 0 Å². The van der Waals surface area contributed by atoms with Gasteiger partial charge in [0.1, 0.15) is 5.76 Å². The molecule has 0 radical (unpaired) electrons. The molecule has 0 fully saturated rings. The average molecular weight is 230 g/mol. The quantitative estimate of drug-likeness (QED) is 0.857. The molecule has 2 aromatic rings. The van der Waals surface area contributed by atoms with Gasteiger partial charge in [0.25, 0.3) is 0 Å².